The molecule has 1 aromatic rings. The molecule has 6 nitrogen and oxygen atoms in total. The Morgan fingerprint density at radius 2 is 1.94 bits per heavy atom. The largest absolute Gasteiger partial charge is 0.332 e. The zero-order chi connectivity index (χ0) is 13.7. The van der Waals surface area contributed by atoms with E-state index < -0.39 is 0 Å². The summed E-state index contributed by atoms with van der Waals surface area (Å²) in [5, 5.41) is 1.31. The predicted molar refractivity (Wildman–Crippen MR) is 72.7 cm³/mol. The fourth-order valence-corrected chi connectivity index (χ4v) is 1.86. The molecule has 2 N–H and O–H groups in total. The molecule has 0 aliphatic rings. The molecule has 102 valence electrons. The van der Waals surface area contributed by atoms with Crippen LogP contribution in [0.1, 0.15) is 32.6 Å². The molecule has 1 aromatic heterocycles. The molecule has 0 radical (unpaired) electrons. The van der Waals surface area contributed by atoms with Gasteiger partial charge in [-0.25, -0.2) is 10.6 Å². The van der Waals surface area contributed by atoms with Gasteiger partial charge in [0.25, 0.3) is 5.56 Å². The number of anilines is 1. The highest BCUT2D eigenvalue weighted by Crippen LogP contribution is 2.07. The Morgan fingerprint density at radius 3 is 2.50 bits per heavy atom. The van der Waals surface area contributed by atoms with Crippen LogP contribution in [-0.2, 0) is 13.6 Å². The number of nitrogens with zero attached hydrogens (tertiary/aromatic N) is 3. The van der Waals surface area contributed by atoms with E-state index in [1.54, 1.807) is 11.6 Å². The van der Waals surface area contributed by atoms with Crippen LogP contribution in [0.5, 0.6) is 0 Å². The molecule has 0 saturated heterocycles. The maximum absolute atomic E-state index is 12.0. The number of hydrogen-bond donors (Lipinski definition) is 1. The van der Waals surface area contributed by atoms with Crippen molar-refractivity contribution < 1.29 is 0 Å². The summed E-state index contributed by atoms with van der Waals surface area (Å²) in [7, 11) is 3.10. The van der Waals surface area contributed by atoms with Crippen LogP contribution in [-0.4, -0.2) is 16.2 Å². The van der Waals surface area contributed by atoms with Gasteiger partial charge in [-0.2, -0.15) is 0 Å². The summed E-state index contributed by atoms with van der Waals surface area (Å²) in [6, 6.07) is 1.39. The van der Waals surface area contributed by atoms with Gasteiger partial charge < -0.3 is 0 Å². The second-order valence-electron chi connectivity index (χ2n) is 4.51. The summed E-state index contributed by atoms with van der Waals surface area (Å²) in [5.41, 5.74) is -0.650. The summed E-state index contributed by atoms with van der Waals surface area (Å²) in [4.78, 5) is 23.6. The van der Waals surface area contributed by atoms with Gasteiger partial charge in [-0.3, -0.25) is 18.9 Å². The van der Waals surface area contributed by atoms with Gasteiger partial charge in [0.05, 0.1) is 0 Å². The highest BCUT2D eigenvalue weighted by molar-refractivity contribution is 5.35. The molecule has 1 rings (SSSR count). The zero-order valence-corrected chi connectivity index (χ0v) is 11.3. The Kier molecular flexibility index (Phi) is 5.15. The van der Waals surface area contributed by atoms with Crippen molar-refractivity contribution in [2.24, 2.45) is 12.9 Å². The number of unbranched alkanes of at least 4 members (excludes halogenated alkanes) is 3. The van der Waals surface area contributed by atoms with Gasteiger partial charge in [-0.1, -0.05) is 26.2 Å². The van der Waals surface area contributed by atoms with E-state index in [1.807, 2.05) is 0 Å². The van der Waals surface area contributed by atoms with Crippen LogP contribution in [0.3, 0.4) is 0 Å². The monoisotopic (exact) mass is 254 g/mol. The topological polar surface area (TPSA) is 73.3 Å². The summed E-state index contributed by atoms with van der Waals surface area (Å²) in [6.45, 7) is 2.72. The number of aromatic nitrogens is 2. The van der Waals surface area contributed by atoms with Gasteiger partial charge >= 0.3 is 5.69 Å². The Labute approximate surface area is 107 Å². The molecule has 6 heteroatoms. The van der Waals surface area contributed by atoms with E-state index in [0.29, 0.717) is 12.4 Å². The maximum atomic E-state index is 12.0. The molecule has 0 atom stereocenters. The minimum absolute atomic E-state index is 0.314. The maximum Gasteiger partial charge on any atom is 0.332 e. The zero-order valence-electron chi connectivity index (χ0n) is 11.3. The number of rotatable bonds is 6. The standard InChI is InChI=1S/C12H22N4O2/c1-4-5-6-7-8-16-10(15(3)13)9-11(17)14(2)12(16)18/h9H,4-8,13H2,1-3H3. The van der Waals surface area contributed by atoms with Gasteiger partial charge in [0.2, 0.25) is 0 Å². The average molecular weight is 254 g/mol. The summed E-state index contributed by atoms with van der Waals surface area (Å²) in [6.07, 6.45) is 4.27. The molecule has 0 aliphatic heterocycles. The lowest BCUT2D eigenvalue weighted by molar-refractivity contribution is 0.538. The summed E-state index contributed by atoms with van der Waals surface area (Å²) < 4.78 is 2.66. The van der Waals surface area contributed by atoms with E-state index in [0.717, 1.165) is 30.3 Å². The first-order chi connectivity index (χ1) is 8.49. The van der Waals surface area contributed by atoms with Crippen LogP contribution in [0.4, 0.5) is 5.82 Å². The minimum Gasteiger partial charge on any atom is -0.299 e. The second-order valence-corrected chi connectivity index (χ2v) is 4.51. The van der Waals surface area contributed by atoms with Crippen molar-refractivity contribution in [3.63, 3.8) is 0 Å². The summed E-state index contributed by atoms with van der Waals surface area (Å²) in [5.74, 6) is 6.12. The predicted octanol–water partition coefficient (Wildman–Crippen LogP) is 0.437. The fraction of sp³-hybridized carbons (Fsp3) is 0.667. The Hall–Kier alpha value is -1.56. The Bertz CT molecular complexity index is 502. The van der Waals surface area contributed by atoms with E-state index in [1.165, 1.54) is 18.1 Å². The van der Waals surface area contributed by atoms with Crippen LogP contribution >= 0.6 is 0 Å². The van der Waals surface area contributed by atoms with Crippen LogP contribution in [0.25, 0.3) is 0 Å². The molecular weight excluding hydrogens is 232 g/mol. The molecule has 0 unspecified atom stereocenters. The van der Waals surface area contributed by atoms with Crippen molar-refractivity contribution >= 4 is 5.82 Å². The normalized spacial score (nSPS) is 10.7. The molecule has 0 spiro atoms. The van der Waals surface area contributed by atoms with Crippen molar-refractivity contribution in [1.82, 2.24) is 9.13 Å². The molecule has 0 fully saturated rings. The first-order valence-electron chi connectivity index (χ1n) is 6.28. The molecule has 1 heterocycles. The average Bonchev–Trinajstić information content (AvgIpc) is 2.33. The van der Waals surface area contributed by atoms with Crippen LogP contribution in [0.2, 0.25) is 0 Å². The highest BCUT2D eigenvalue weighted by Gasteiger charge is 2.10. The first kappa shape index (κ1) is 14.5. The van der Waals surface area contributed by atoms with Crippen molar-refractivity contribution in [2.75, 3.05) is 12.1 Å². The third kappa shape index (κ3) is 3.22. The molecule has 0 aliphatic carbocycles. The van der Waals surface area contributed by atoms with Crippen molar-refractivity contribution in [3.05, 3.63) is 26.9 Å². The molecular formula is C12H22N4O2. The van der Waals surface area contributed by atoms with Crippen molar-refractivity contribution in [2.45, 2.75) is 39.2 Å². The van der Waals surface area contributed by atoms with Gasteiger partial charge in [-0.05, 0) is 6.42 Å². The van der Waals surface area contributed by atoms with Gasteiger partial charge in [-0.15, -0.1) is 0 Å². The van der Waals surface area contributed by atoms with Crippen LogP contribution < -0.4 is 22.1 Å². The lowest BCUT2D eigenvalue weighted by Gasteiger charge is -2.19. The van der Waals surface area contributed by atoms with E-state index in [-0.39, 0.29) is 11.2 Å². The fourth-order valence-electron chi connectivity index (χ4n) is 1.86. The summed E-state index contributed by atoms with van der Waals surface area (Å²) >= 11 is 0. The number of hydrogen-bond acceptors (Lipinski definition) is 4. The van der Waals surface area contributed by atoms with Crippen LogP contribution in [0, 0.1) is 0 Å². The number of nitrogens with two attached hydrogens (primary N) is 1. The molecule has 0 saturated carbocycles. The number of hydrazine groups is 1. The third-order valence-corrected chi connectivity index (χ3v) is 2.97. The van der Waals surface area contributed by atoms with Gasteiger partial charge in [0, 0.05) is 26.7 Å². The lowest BCUT2D eigenvalue weighted by atomic mass is 10.2. The van der Waals surface area contributed by atoms with Gasteiger partial charge in [0.1, 0.15) is 5.82 Å². The smallest absolute Gasteiger partial charge is 0.299 e. The molecule has 0 bridgehead atoms. The first-order valence-corrected chi connectivity index (χ1v) is 6.28. The highest BCUT2D eigenvalue weighted by atomic mass is 16.2. The van der Waals surface area contributed by atoms with E-state index in [9.17, 15) is 9.59 Å². The van der Waals surface area contributed by atoms with Crippen molar-refractivity contribution in [1.29, 1.82) is 0 Å². The molecule has 0 aromatic carbocycles. The minimum atomic E-state index is -0.336. The third-order valence-electron chi connectivity index (χ3n) is 2.97. The van der Waals surface area contributed by atoms with Crippen LogP contribution in [0.15, 0.2) is 15.7 Å². The van der Waals surface area contributed by atoms with E-state index in [2.05, 4.69) is 6.92 Å². The second kappa shape index (κ2) is 6.39. The van der Waals surface area contributed by atoms with Crippen molar-refractivity contribution in [3.8, 4) is 0 Å². The van der Waals surface area contributed by atoms with E-state index >= 15 is 0 Å². The quantitative estimate of drug-likeness (QED) is 0.454. The Balaban J connectivity index is 3.04. The molecule has 18 heavy (non-hydrogen) atoms. The molecule has 0 amide bonds. The van der Waals surface area contributed by atoms with E-state index in [4.69, 9.17) is 5.84 Å². The Morgan fingerprint density at radius 1 is 1.28 bits per heavy atom. The SMILES string of the molecule is CCCCCCn1c(N(C)N)cc(=O)n(C)c1=O. The lowest BCUT2D eigenvalue weighted by Crippen LogP contribution is -2.42. The van der Waals surface area contributed by atoms with Gasteiger partial charge in [0.15, 0.2) is 0 Å².